The zero-order valence-electron chi connectivity index (χ0n) is 14.7. The molecule has 0 radical (unpaired) electrons. The van der Waals surface area contributed by atoms with Crippen molar-refractivity contribution in [3.63, 3.8) is 0 Å². The quantitative estimate of drug-likeness (QED) is 0.418. The largest absolute Gasteiger partial charge is 0.449 e. The summed E-state index contributed by atoms with van der Waals surface area (Å²) in [6, 6.07) is 8.13. The first-order chi connectivity index (χ1) is 12.2. The number of hydrogen-bond donors (Lipinski definition) is 1. The van der Waals surface area contributed by atoms with Crippen LogP contribution in [0.1, 0.15) is 39.0 Å². The van der Waals surface area contributed by atoms with Gasteiger partial charge in [-0.2, -0.15) is 8.42 Å². The van der Waals surface area contributed by atoms with Gasteiger partial charge in [0.2, 0.25) is 10.0 Å². The number of benzene rings is 1. The van der Waals surface area contributed by atoms with Crippen molar-refractivity contribution < 1.29 is 30.6 Å². The van der Waals surface area contributed by atoms with Gasteiger partial charge in [0.15, 0.2) is 0 Å². The molecule has 26 heavy (non-hydrogen) atoms. The lowest BCUT2D eigenvalue weighted by atomic mass is 10.3. The Morgan fingerprint density at radius 3 is 2.27 bits per heavy atom. The third kappa shape index (κ3) is 10.2. The molecule has 0 atom stereocenters. The van der Waals surface area contributed by atoms with Crippen molar-refractivity contribution in [2.24, 2.45) is 0 Å². The summed E-state index contributed by atoms with van der Waals surface area (Å²) in [7, 11) is -7.42. The number of carbonyl (C=O) groups excluding carboxylic acids is 1. The van der Waals surface area contributed by atoms with E-state index >= 15 is 0 Å². The van der Waals surface area contributed by atoms with E-state index in [-0.39, 0.29) is 36.7 Å². The van der Waals surface area contributed by atoms with Gasteiger partial charge < -0.3 is 8.92 Å². The van der Waals surface area contributed by atoms with Gasteiger partial charge in [-0.25, -0.2) is 17.9 Å². The second-order valence-electron chi connectivity index (χ2n) is 5.63. The molecule has 10 heteroatoms. The predicted molar refractivity (Wildman–Crippen MR) is 97.9 cm³/mol. The maximum atomic E-state index is 11.8. The number of ether oxygens (including phenoxy) is 1. The highest BCUT2D eigenvalue weighted by atomic mass is 32.2. The number of unbranched alkanes of at least 4 members (excludes halogenated alkanes) is 3. The van der Waals surface area contributed by atoms with E-state index in [0.717, 1.165) is 12.8 Å². The van der Waals surface area contributed by atoms with Crippen LogP contribution in [0.25, 0.3) is 0 Å². The minimum atomic E-state index is -3.73. The molecular formula is C16H25NO7S2. The van der Waals surface area contributed by atoms with E-state index in [0.29, 0.717) is 6.42 Å². The Morgan fingerprint density at radius 2 is 1.62 bits per heavy atom. The average Bonchev–Trinajstić information content (AvgIpc) is 2.54. The molecule has 1 amide bonds. The molecule has 0 aliphatic heterocycles. The Labute approximate surface area is 155 Å². The molecular weight excluding hydrogens is 382 g/mol. The smallest absolute Gasteiger partial charge is 0.420 e. The summed E-state index contributed by atoms with van der Waals surface area (Å²) in [6.07, 6.45) is 1.53. The van der Waals surface area contributed by atoms with Crippen LogP contribution in [0, 0.1) is 0 Å². The van der Waals surface area contributed by atoms with Crippen molar-refractivity contribution in [2.45, 2.75) is 39.0 Å². The van der Waals surface area contributed by atoms with Crippen LogP contribution >= 0.6 is 0 Å². The molecule has 0 saturated heterocycles. The lowest BCUT2D eigenvalue weighted by Crippen LogP contribution is -2.33. The maximum absolute atomic E-state index is 11.8. The van der Waals surface area contributed by atoms with Crippen molar-refractivity contribution in [3.05, 3.63) is 30.3 Å². The summed E-state index contributed by atoms with van der Waals surface area (Å²) in [5, 5.41) is 0. The highest BCUT2D eigenvalue weighted by Gasteiger charge is 2.16. The third-order valence-electron chi connectivity index (χ3n) is 3.24. The molecule has 0 aliphatic rings. The fourth-order valence-electron chi connectivity index (χ4n) is 1.96. The molecule has 8 nitrogen and oxygen atoms in total. The normalized spacial score (nSPS) is 11.7. The molecule has 0 unspecified atom stereocenters. The Morgan fingerprint density at radius 1 is 0.962 bits per heavy atom. The van der Waals surface area contributed by atoms with Crippen LogP contribution < -0.4 is 8.91 Å². The molecule has 0 heterocycles. The van der Waals surface area contributed by atoms with Gasteiger partial charge in [0.1, 0.15) is 5.75 Å². The Kier molecular flexibility index (Phi) is 9.42. The first-order valence-electron chi connectivity index (χ1n) is 8.38. The number of amides is 1. The summed E-state index contributed by atoms with van der Waals surface area (Å²) in [5.74, 6) is -0.135. The maximum Gasteiger partial charge on any atom is 0.420 e. The van der Waals surface area contributed by atoms with E-state index in [1.807, 2.05) is 11.6 Å². The van der Waals surface area contributed by atoms with Crippen molar-refractivity contribution in [1.29, 1.82) is 0 Å². The van der Waals surface area contributed by atoms with Gasteiger partial charge in [-0.05, 0) is 31.4 Å². The van der Waals surface area contributed by atoms with Crippen LogP contribution in [0.3, 0.4) is 0 Å². The van der Waals surface area contributed by atoms with Gasteiger partial charge in [0.25, 0.3) is 0 Å². The minimum Gasteiger partial charge on any atom is -0.449 e. The monoisotopic (exact) mass is 407 g/mol. The van der Waals surface area contributed by atoms with Crippen LogP contribution in [0.4, 0.5) is 4.79 Å². The summed E-state index contributed by atoms with van der Waals surface area (Å²) in [6.45, 7) is 1.86. The van der Waals surface area contributed by atoms with E-state index in [1.54, 1.807) is 18.2 Å². The number of rotatable bonds is 12. The molecule has 1 aromatic carbocycles. The zero-order valence-corrected chi connectivity index (χ0v) is 16.4. The van der Waals surface area contributed by atoms with E-state index in [2.05, 4.69) is 0 Å². The molecule has 1 aromatic rings. The predicted octanol–water partition coefficient (Wildman–Crippen LogP) is 2.42. The van der Waals surface area contributed by atoms with Crippen LogP contribution in [0.5, 0.6) is 5.75 Å². The molecule has 0 spiro atoms. The van der Waals surface area contributed by atoms with E-state index in [4.69, 9.17) is 8.92 Å². The van der Waals surface area contributed by atoms with Crippen LogP contribution in [-0.2, 0) is 24.9 Å². The van der Waals surface area contributed by atoms with Crippen molar-refractivity contribution in [3.8, 4) is 5.75 Å². The third-order valence-corrected chi connectivity index (χ3v) is 5.78. The summed E-state index contributed by atoms with van der Waals surface area (Å²) in [5.41, 5.74) is 0. The first kappa shape index (κ1) is 22.2. The van der Waals surface area contributed by atoms with Gasteiger partial charge in [-0.15, -0.1) is 0 Å². The van der Waals surface area contributed by atoms with Crippen molar-refractivity contribution in [1.82, 2.24) is 4.72 Å². The standard InChI is InChI=1S/C16H25NO7S2/c1-2-3-8-13-25(19,20)17-16(18)23-12-7-9-14-26(21,22)24-15-10-5-4-6-11-15/h4-6,10-11H,2-3,7-9,12-14H2,1H3,(H,17,18). The highest BCUT2D eigenvalue weighted by Crippen LogP contribution is 2.12. The van der Waals surface area contributed by atoms with Crippen LogP contribution in [-0.4, -0.2) is 41.0 Å². The number of carbonyl (C=O) groups is 1. The molecule has 1 N–H and O–H groups in total. The fourth-order valence-corrected chi connectivity index (χ4v) is 4.00. The molecule has 148 valence electrons. The molecule has 0 fully saturated rings. The highest BCUT2D eigenvalue weighted by molar-refractivity contribution is 7.90. The fraction of sp³-hybridized carbons (Fsp3) is 0.562. The van der Waals surface area contributed by atoms with Gasteiger partial charge in [0, 0.05) is 0 Å². The molecule has 1 rings (SSSR count). The summed E-state index contributed by atoms with van der Waals surface area (Å²) < 4.78 is 58.3. The number of para-hydroxylation sites is 1. The molecule has 0 aliphatic carbocycles. The van der Waals surface area contributed by atoms with E-state index < -0.39 is 26.2 Å². The zero-order chi connectivity index (χ0) is 19.5. The molecule has 0 aromatic heterocycles. The SMILES string of the molecule is CCCCCS(=O)(=O)NC(=O)OCCCCS(=O)(=O)Oc1ccccc1. The Bertz CT molecular complexity index is 746. The van der Waals surface area contributed by atoms with Gasteiger partial charge in [-0.3, -0.25) is 0 Å². The van der Waals surface area contributed by atoms with E-state index in [1.165, 1.54) is 12.1 Å². The van der Waals surface area contributed by atoms with Crippen molar-refractivity contribution >= 4 is 26.2 Å². The number of nitrogens with one attached hydrogen (secondary N) is 1. The molecule has 0 saturated carbocycles. The van der Waals surface area contributed by atoms with E-state index in [9.17, 15) is 21.6 Å². The van der Waals surface area contributed by atoms with Gasteiger partial charge >= 0.3 is 16.2 Å². The van der Waals surface area contributed by atoms with Crippen LogP contribution in [0.2, 0.25) is 0 Å². The summed E-state index contributed by atoms with van der Waals surface area (Å²) in [4.78, 5) is 11.4. The topological polar surface area (TPSA) is 116 Å². The second-order valence-corrected chi connectivity index (χ2v) is 9.16. The minimum absolute atomic E-state index is 0.0861. The summed E-state index contributed by atoms with van der Waals surface area (Å²) >= 11 is 0. The van der Waals surface area contributed by atoms with Gasteiger partial charge in [0.05, 0.1) is 18.1 Å². The second kappa shape index (κ2) is 11.0. The average molecular weight is 408 g/mol. The lowest BCUT2D eigenvalue weighted by Gasteiger charge is -2.08. The van der Waals surface area contributed by atoms with Gasteiger partial charge in [-0.1, -0.05) is 38.0 Å². The first-order valence-corrected chi connectivity index (χ1v) is 11.6. The number of sulfonamides is 1. The lowest BCUT2D eigenvalue weighted by molar-refractivity contribution is 0.151. The Hall–Kier alpha value is -1.81. The number of hydrogen-bond acceptors (Lipinski definition) is 7. The molecule has 0 bridgehead atoms. The van der Waals surface area contributed by atoms with Crippen LogP contribution in [0.15, 0.2) is 30.3 Å². The van der Waals surface area contributed by atoms with Crippen molar-refractivity contribution in [2.75, 3.05) is 18.1 Å². The Balaban J connectivity index is 2.22.